The summed E-state index contributed by atoms with van der Waals surface area (Å²) >= 11 is 9.19. The molecule has 19 heavy (non-hydrogen) atoms. The van der Waals surface area contributed by atoms with Crippen LogP contribution in [0.15, 0.2) is 51.8 Å². The van der Waals surface area contributed by atoms with E-state index in [1.165, 1.54) is 0 Å². The van der Waals surface area contributed by atoms with Gasteiger partial charge in [0.1, 0.15) is 0 Å². The molecule has 0 saturated heterocycles. The van der Waals surface area contributed by atoms with Crippen molar-refractivity contribution < 1.29 is 8.42 Å². The summed E-state index contributed by atoms with van der Waals surface area (Å²) in [7, 11) is -3.61. The highest BCUT2D eigenvalue weighted by molar-refractivity contribution is 9.10. The molecule has 100 valence electrons. The van der Waals surface area contributed by atoms with Crippen LogP contribution in [0, 0.1) is 6.92 Å². The molecular weight excluding hydrogens is 350 g/mol. The molecule has 6 heteroatoms. The first-order valence-corrected chi connectivity index (χ1v) is 8.09. The molecule has 2 aromatic rings. The zero-order valence-corrected chi connectivity index (χ0v) is 13.2. The molecule has 0 aliphatic carbocycles. The SMILES string of the molecule is Cc1cccc(S(=O)(=O)Nc2cccc(Cl)c2Br)c1. The van der Waals surface area contributed by atoms with Crippen LogP contribution in [-0.2, 0) is 10.0 Å². The highest BCUT2D eigenvalue weighted by atomic mass is 79.9. The summed E-state index contributed by atoms with van der Waals surface area (Å²) in [5.74, 6) is 0. The second-order valence-corrected chi connectivity index (χ2v) is 6.91. The van der Waals surface area contributed by atoms with Crippen molar-refractivity contribution in [1.82, 2.24) is 0 Å². The quantitative estimate of drug-likeness (QED) is 0.891. The van der Waals surface area contributed by atoms with Crippen LogP contribution in [0.1, 0.15) is 5.56 Å². The largest absolute Gasteiger partial charge is 0.278 e. The molecule has 0 atom stereocenters. The molecule has 0 aliphatic heterocycles. The van der Waals surface area contributed by atoms with Crippen molar-refractivity contribution in [1.29, 1.82) is 0 Å². The molecule has 0 saturated carbocycles. The second kappa shape index (κ2) is 5.53. The molecular formula is C13H11BrClNO2S. The summed E-state index contributed by atoms with van der Waals surface area (Å²) in [5, 5.41) is 0.449. The van der Waals surface area contributed by atoms with Gasteiger partial charge in [0.2, 0.25) is 0 Å². The minimum atomic E-state index is -3.61. The minimum Gasteiger partial charge on any atom is -0.278 e. The number of benzene rings is 2. The molecule has 0 bridgehead atoms. The van der Waals surface area contributed by atoms with Gasteiger partial charge in [-0.25, -0.2) is 8.42 Å². The van der Waals surface area contributed by atoms with E-state index in [9.17, 15) is 8.42 Å². The third-order valence-corrected chi connectivity index (χ3v) is 5.26. The van der Waals surface area contributed by atoms with Gasteiger partial charge >= 0.3 is 0 Å². The lowest BCUT2D eigenvalue weighted by Gasteiger charge is -2.10. The van der Waals surface area contributed by atoms with E-state index in [2.05, 4.69) is 20.7 Å². The van der Waals surface area contributed by atoms with Gasteiger partial charge in [-0.3, -0.25) is 4.72 Å². The predicted octanol–water partition coefficient (Wildman–Crippen LogP) is 4.21. The first-order valence-electron chi connectivity index (χ1n) is 5.43. The maximum absolute atomic E-state index is 12.2. The number of rotatable bonds is 3. The molecule has 2 rings (SSSR count). The van der Waals surface area contributed by atoms with E-state index in [0.29, 0.717) is 15.2 Å². The van der Waals surface area contributed by atoms with Gasteiger partial charge in [-0.2, -0.15) is 0 Å². The highest BCUT2D eigenvalue weighted by Gasteiger charge is 2.16. The summed E-state index contributed by atoms with van der Waals surface area (Å²) in [6.07, 6.45) is 0. The van der Waals surface area contributed by atoms with Crippen molar-refractivity contribution in [2.24, 2.45) is 0 Å². The van der Waals surface area contributed by atoms with Gasteiger partial charge < -0.3 is 0 Å². The Morgan fingerprint density at radius 3 is 2.53 bits per heavy atom. The molecule has 2 aromatic carbocycles. The number of hydrogen-bond donors (Lipinski definition) is 1. The molecule has 0 spiro atoms. The van der Waals surface area contributed by atoms with Crippen LogP contribution in [0.2, 0.25) is 5.02 Å². The summed E-state index contributed by atoms with van der Waals surface area (Å²) in [5.41, 5.74) is 1.29. The van der Waals surface area contributed by atoms with E-state index in [-0.39, 0.29) is 4.90 Å². The number of nitrogens with one attached hydrogen (secondary N) is 1. The summed E-state index contributed by atoms with van der Waals surface area (Å²) in [6, 6.07) is 11.7. The Morgan fingerprint density at radius 1 is 1.16 bits per heavy atom. The first-order chi connectivity index (χ1) is 8.90. The van der Waals surface area contributed by atoms with Gasteiger partial charge in [-0.05, 0) is 52.7 Å². The maximum Gasteiger partial charge on any atom is 0.261 e. The normalized spacial score (nSPS) is 11.3. The molecule has 0 radical (unpaired) electrons. The molecule has 0 aliphatic rings. The van der Waals surface area contributed by atoms with E-state index in [1.807, 2.05) is 13.0 Å². The lowest BCUT2D eigenvalue weighted by Crippen LogP contribution is -2.13. The average Bonchev–Trinajstić information content (AvgIpc) is 2.35. The fourth-order valence-electron chi connectivity index (χ4n) is 1.57. The lowest BCUT2D eigenvalue weighted by molar-refractivity contribution is 0.601. The standard InChI is InChI=1S/C13H11BrClNO2S/c1-9-4-2-5-10(8-9)19(17,18)16-12-7-3-6-11(15)13(12)14/h2-8,16H,1H3. The van der Waals surface area contributed by atoms with Gasteiger partial charge in [0, 0.05) is 0 Å². The number of aryl methyl sites for hydroxylation is 1. The fourth-order valence-corrected chi connectivity index (χ4v) is 3.41. The third kappa shape index (κ3) is 3.29. The second-order valence-electron chi connectivity index (χ2n) is 4.02. The van der Waals surface area contributed by atoms with E-state index in [1.54, 1.807) is 36.4 Å². The maximum atomic E-state index is 12.2. The molecule has 0 aromatic heterocycles. The summed E-state index contributed by atoms with van der Waals surface area (Å²) in [4.78, 5) is 0.222. The van der Waals surface area contributed by atoms with E-state index >= 15 is 0 Å². The van der Waals surface area contributed by atoms with Crippen LogP contribution in [0.4, 0.5) is 5.69 Å². The monoisotopic (exact) mass is 359 g/mol. The number of anilines is 1. The lowest BCUT2D eigenvalue weighted by atomic mass is 10.2. The molecule has 0 fully saturated rings. The van der Waals surface area contributed by atoms with E-state index in [0.717, 1.165) is 5.56 Å². The highest BCUT2D eigenvalue weighted by Crippen LogP contribution is 2.31. The van der Waals surface area contributed by atoms with Crippen molar-refractivity contribution in [2.45, 2.75) is 11.8 Å². The Kier molecular flexibility index (Phi) is 4.18. The van der Waals surface area contributed by atoms with Gasteiger partial charge in [0.25, 0.3) is 10.0 Å². The van der Waals surface area contributed by atoms with Gasteiger partial charge in [0.15, 0.2) is 0 Å². The van der Waals surface area contributed by atoms with Gasteiger partial charge in [-0.1, -0.05) is 29.8 Å². The average molecular weight is 361 g/mol. The van der Waals surface area contributed by atoms with E-state index < -0.39 is 10.0 Å². The number of halogens is 2. The van der Waals surface area contributed by atoms with Crippen molar-refractivity contribution in [3.63, 3.8) is 0 Å². The predicted molar refractivity (Wildman–Crippen MR) is 81.1 cm³/mol. The topological polar surface area (TPSA) is 46.2 Å². The molecule has 0 heterocycles. The molecule has 3 nitrogen and oxygen atoms in total. The van der Waals surface area contributed by atoms with Crippen molar-refractivity contribution >= 4 is 43.2 Å². The third-order valence-electron chi connectivity index (χ3n) is 2.50. The number of sulfonamides is 1. The van der Waals surface area contributed by atoms with Crippen molar-refractivity contribution in [3.05, 3.63) is 57.5 Å². The Labute approximate surface area is 125 Å². The summed E-state index contributed by atoms with van der Waals surface area (Å²) in [6.45, 7) is 1.84. The molecule has 0 amide bonds. The summed E-state index contributed by atoms with van der Waals surface area (Å²) < 4.78 is 27.5. The van der Waals surface area contributed by atoms with Crippen molar-refractivity contribution in [2.75, 3.05) is 4.72 Å². The van der Waals surface area contributed by atoms with Crippen LogP contribution in [-0.4, -0.2) is 8.42 Å². The van der Waals surface area contributed by atoms with Crippen LogP contribution < -0.4 is 4.72 Å². The van der Waals surface area contributed by atoms with Crippen LogP contribution >= 0.6 is 27.5 Å². The van der Waals surface area contributed by atoms with Crippen LogP contribution in [0.5, 0.6) is 0 Å². The fraction of sp³-hybridized carbons (Fsp3) is 0.0769. The first kappa shape index (κ1) is 14.4. The number of hydrogen-bond acceptors (Lipinski definition) is 2. The molecule has 0 unspecified atom stereocenters. The Balaban J connectivity index is 2.39. The Bertz CT molecular complexity index is 716. The Hall–Kier alpha value is -1.04. The van der Waals surface area contributed by atoms with Crippen LogP contribution in [0.3, 0.4) is 0 Å². The zero-order valence-electron chi connectivity index (χ0n) is 10.0. The van der Waals surface area contributed by atoms with Gasteiger partial charge in [0.05, 0.1) is 20.1 Å². The van der Waals surface area contributed by atoms with Crippen LogP contribution in [0.25, 0.3) is 0 Å². The smallest absolute Gasteiger partial charge is 0.261 e. The minimum absolute atomic E-state index is 0.222. The van der Waals surface area contributed by atoms with E-state index in [4.69, 9.17) is 11.6 Å². The Morgan fingerprint density at radius 2 is 1.84 bits per heavy atom. The zero-order chi connectivity index (χ0) is 14.0. The molecule has 1 N–H and O–H groups in total. The van der Waals surface area contributed by atoms with Gasteiger partial charge in [-0.15, -0.1) is 0 Å². The van der Waals surface area contributed by atoms with Crippen molar-refractivity contribution in [3.8, 4) is 0 Å².